The summed E-state index contributed by atoms with van der Waals surface area (Å²) in [5, 5.41) is 0. The topological polar surface area (TPSA) is 74.4 Å². The molecule has 0 spiro atoms. The normalized spacial score (nSPS) is 10.1. The first-order valence-corrected chi connectivity index (χ1v) is 6.17. The predicted molar refractivity (Wildman–Crippen MR) is 74.5 cm³/mol. The van der Waals surface area contributed by atoms with E-state index < -0.39 is 5.91 Å². The molecule has 5 nitrogen and oxygen atoms in total. The van der Waals surface area contributed by atoms with Crippen LogP contribution in [0.3, 0.4) is 0 Å². The molecule has 2 aromatic rings. The maximum absolute atomic E-state index is 10.9. The number of hydrogen-bond donors (Lipinski definition) is 1. The molecule has 2 rings (SSSR count). The second kappa shape index (κ2) is 6.56. The van der Waals surface area contributed by atoms with Crippen molar-refractivity contribution >= 4 is 5.91 Å². The van der Waals surface area contributed by atoms with Crippen molar-refractivity contribution in [2.45, 2.75) is 13.0 Å². The van der Waals surface area contributed by atoms with E-state index in [2.05, 4.69) is 4.98 Å². The van der Waals surface area contributed by atoms with Crippen LogP contribution in [0.5, 0.6) is 11.5 Å². The van der Waals surface area contributed by atoms with Crippen LogP contribution in [0.2, 0.25) is 0 Å². The van der Waals surface area contributed by atoms with Crippen molar-refractivity contribution in [1.29, 1.82) is 0 Å². The molecule has 104 valence electrons. The van der Waals surface area contributed by atoms with E-state index in [9.17, 15) is 4.79 Å². The smallest absolute Gasteiger partial charge is 0.223 e. The number of primary amides is 1. The quantitative estimate of drug-likeness (QED) is 0.868. The molecule has 1 aromatic carbocycles. The minimum atomic E-state index is -0.450. The summed E-state index contributed by atoms with van der Waals surface area (Å²) in [7, 11) is 1.52. The van der Waals surface area contributed by atoms with Crippen LogP contribution in [-0.2, 0) is 17.8 Å². The number of carbonyl (C=O) groups excluding carboxylic acids is 1. The van der Waals surface area contributed by atoms with Crippen molar-refractivity contribution in [1.82, 2.24) is 4.98 Å². The average molecular weight is 272 g/mol. The van der Waals surface area contributed by atoms with Crippen molar-refractivity contribution in [3.8, 4) is 11.5 Å². The van der Waals surface area contributed by atoms with Gasteiger partial charge in [-0.15, -0.1) is 0 Å². The van der Waals surface area contributed by atoms with Gasteiger partial charge in [0.05, 0.1) is 25.4 Å². The highest BCUT2D eigenvalue weighted by molar-refractivity contribution is 5.76. The minimum Gasteiger partial charge on any atom is -0.495 e. The highest BCUT2D eigenvalue weighted by Crippen LogP contribution is 2.23. The Kier molecular flexibility index (Phi) is 4.55. The Labute approximate surface area is 117 Å². The highest BCUT2D eigenvalue weighted by atomic mass is 16.5. The van der Waals surface area contributed by atoms with Gasteiger partial charge in [-0.2, -0.15) is 0 Å². The summed E-state index contributed by atoms with van der Waals surface area (Å²) >= 11 is 0. The van der Waals surface area contributed by atoms with Crippen molar-refractivity contribution in [3.63, 3.8) is 0 Å². The van der Waals surface area contributed by atoms with E-state index in [0.29, 0.717) is 23.8 Å². The average Bonchev–Trinajstić information content (AvgIpc) is 2.46. The molecule has 5 heteroatoms. The van der Waals surface area contributed by atoms with Gasteiger partial charge in [0.25, 0.3) is 0 Å². The van der Waals surface area contributed by atoms with E-state index in [-0.39, 0.29) is 6.42 Å². The molecule has 0 aliphatic carbocycles. The van der Waals surface area contributed by atoms with Crippen molar-refractivity contribution in [2.24, 2.45) is 5.73 Å². The van der Waals surface area contributed by atoms with Gasteiger partial charge in [-0.3, -0.25) is 9.78 Å². The van der Waals surface area contributed by atoms with Gasteiger partial charge in [0.2, 0.25) is 5.91 Å². The van der Waals surface area contributed by atoms with Gasteiger partial charge in [-0.05, 0) is 5.56 Å². The molecule has 0 aliphatic rings. The van der Waals surface area contributed by atoms with Gasteiger partial charge in [0.15, 0.2) is 0 Å². The summed E-state index contributed by atoms with van der Waals surface area (Å²) in [6.07, 6.45) is 1.60. The Bertz CT molecular complexity index is 585. The second-order valence-corrected chi connectivity index (χ2v) is 4.24. The van der Waals surface area contributed by atoms with Crippen LogP contribution in [0.15, 0.2) is 42.6 Å². The lowest BCUT2D eigenvalue weighted by atomic mass is 10.2. The zero-order valence-corrected chi connectivity index (χ0v) is 11.2. The van der Waals surface area contributed by atoms with E-state index >= 15 is 0 Å². The number of benzene rings is 1. The van der Waals surface area contributed by atoms with Crippen molar-refractivity contribution < 1.29 is 14.3 Å². The molecule has 0 bridgehead atoms. The van der Waals surface area contributed by atoms with Gasteiger partial charge in [-0.25, -0.2) is 0 Å². The fourth-order valence-electron chi connectivity index (χ4n) is 1.75. The van der Waals surface area contributed by atoms with Gasteiger partial charge in [-0.1, -0.05) is 30.3 Å². The van der Waals surface area contributed by atoms with Gasteiger partial charge < -0.3 is 15.2 Å². The molecule has 1 aromatic heterocycles. The van der Waals surface area contributed by atoms with Crippen LogP contribution < -0.4 is 15.2 Å². The molecule has 0 radical (unpaired) electrons. The maximum Gasteiger partial charge on any atom is 0.223 e. The Morgan fingerprint density at radius 3 is 2.70 bits per heavy atom. The van der Waals surface area contributed by atoms with Gasteiger partial charge >= 0.3 is 0 Å². The van der Waals surface area contributed by atoms with E-state index in [1.807, 2.05) is 30.3 Å². The van der Waals surface area contributed by atoms with Crippen LogP contribution in [-0.4, -0.2) is 18.0 Å². The molecule has 0 saturated carbocycles. The first kappa shape index (κ1) is 13.9. The number of ether oxygens (including phenoxy) is 2. The number of methoxy groups -OCH3 is 1. The van der Waals surface area contributed by atoms with Crippen LogP contribution in [0.25, 0.3) is 0 Å². The molecule has 1 heterocycles. The lowest BCUT2D eigenvalue weighted by Crippen LogP contribution is -2.15. The van der Waals surface area contributed by atoms with Gasteiger partial charge in [0.1, 0.15) is 18.1 Å². The number of carbonyl (C=O) groups is 1. The van der Waals surface area contributed by atoms with E-state index in [1.54, 1.807) is 12.3 Å². The van der Waals surface area contributed by atoms with E-state index in [1.165, 1.54) is 7.11 Å². The summed E-state index contributed by atoms with van der Waals surface area (Å²) in [6, 6.07) is 11.5. The summed E-state index contributed by atoms with van der Waals surface area (Å²) in [5.41, 5.74) is 6.72. The fraction of sp³-hybridized carbons (Fsp3) is 0.200. The molecule has 0 aliphatic heterocycles. The third kappa shape index (κ3) is 3.71. The molecule has 20 heavy (non-hydrogen) atoms. The summed E-state index contributed by atoms with van der Waals surface area (Å²) in [5.74, 6) is 0.627. The minimum absolute atomic E-state index is 0.0438. The lowest BCUT2D eigenvalue weighted by Gasteiger charge is -2.10. The Morgan fingerprint density at radius 1 is 1.30 bits per heavy atom. The first-order chi connectivity index (χ1) is 9.69. The predicted octanol–water partition coefficient (Wildman–Crippen LogP) is 1.70. The molecular formula is C15H16N2O3. The number of aromatic nitrogens is 1. The maximum atomic E-state index is 10.9. The fourth-order valence-corrected chi connectivity index (χ4v) is 1.75. The monoisotopic (exact) mass is 272 g/mol. The third-order valence-electron chi connectivity index (χ3n) is 2.72. The number of nitrogens with zero attached hydrogens (tertiary/aromatic N) is 1. The number of amides is 1. The van der Waals surface area contributed by atoms with Gasteiger partial charge in [0, 0.05) is 6.07 Å². The molecule has 0 atom stereocenters. The lowest BCUT2D eigenvalue weighted by molar-refractivity contribution is -0.117. The van der Waals surface area contributed by atoms with Crippen LogP contribution >= 0.6 is 0 Å². The first-order valence-electron chi connectivity index (χ1n) is 6.17. The van der Waals surface area contributed by atoms with Crippen LogP contribution in [0, 0.1) is 0 Å². The van der Waals surface area contributed by atoms with Crippen LogP contribution in [0.4, 0.5) is 0 Å². The van der Waals surface area contributed by atoms with E-state index in [0.717, 1.165) is 5.56 Å². The summed E-state index contributed by atoms with van der Waals surface area (Å²) < 4.78 is 10.8. The molecular weight excluding hydrogens is 256 g/mol. The van der Waals surface area contributed by atoms with E-state index in [4.69, 9.17) is 15.2 Å². The molecule has 0 fully saturated rings. The number of nitrogens with two attached hydrogens (primary N) is 1. The molecule has 2 N–H and O–H groups in total. The standard InChI is InChI=1S/C15H16N2O3/c1-19-14-7-12(9-17-13(14)8-15(16)18)20-10-11-5-3-2-4-6-11/h2-7,9H,8,10H2,1H3,(H2,16,18). The molecule has 0 unspecified atom stereocenters. The largest absolute Gasteiger partial charge is 0.495 e. The SMILES string of the molecule is COc1cc(OCc2ccccc2)cnc1CC(N)=O. The Balaban J connectivity index is 2.07. The summed E-state index contributed by atoms with van der Waals surface area (Å²) in [6.45, 7) is 0.445. The van der Waals surface area contributed by atoms with Crippen molar-refractivity contribution in [3.05, 3.63) is 53.9 Å². The zero-order valence-electron chi connectivity index (χ0n) is 11.2. The number of pyridine rings is 1. The highest BCUT2D eigenvalue weighted by Gasteiger charge is 2.09. The summed E-state index contributed by atoms with van der Waals surface area (Å²) in [4.78, 5) is 15.1. The van der Waals surface area contributed by atoms with Crippen molar-refractivity contribution in [2.75, 3.05) is 7.11 Å². The Hall–Kier alpha value is -2.56. The third-order valence-corrected chi connectivity index (χ3v) is 2.72. The van der Waals surface area contributed by atoms with Crippen LogP contribution in [0.1, 0.15) is 11.3 Å². The number of hydrogen-bond acceptors (Lipinski definition) is 4. The molecule has 1 amide bonds. The second-order valence-electron chi connectivity index (χ2n) is 4.24. The zero-order chi connectivity index (χ0) is 14.4. The number of rotatable bonds is 6. The Morgan fingerprint density at radius 2 is 2.05 bits per heavy atom. The molecule has 0 saturated heterocycles.